The molecular weight excluding hydrogens is 965 g/mol. The number of Topliss-reactive ketones (excluding diaryl/α,β-unsaturated/α-hetero) is 4. The Balaban J connectivity index is 6.42. The zero-order valence-corrected chi connectivity index (χ0v) is 52.7. The molecule has 0 fully saturated rings. The first-order chi connectivity index (χ1) is 38.1. The highest BCUT2D eigenvalue weighted by atomic mass is 16.4. The maximum atomic E-state index is 15.5. The zero-order valence-electron chi connectivity index (χ0n) is 52.7. The van der Waals surface area contributed by atoms with Crippen LogP contribution < -0.4 is 11.5 Å². The largest absolute Gasteiger partial charge is 0.479 e. The van der Waals surface area contributed by atoms with Gasteiger partial charge in [0.15, 0.2) is 11.3 Å². The van der Waals surface area contributed by atoms with Crippen molar-refractivity contribution in [2.75, 3.05) is 6.54 Å². The molecule has 0 spiro atoms. The van der Waals surface area contributed by atoms with Crippen LogP contribution in [0.1, 0.15) is 394 Å². The van der Waals surface area contributed by atoms with E-state index < -0.39 is 40.2 Å². The molecule has 0 aliphatic rings. The second kappa shape index (κ2) is 55.6. The number of unbranched alkanes of at least 4 members (excludes halogenated alkanes) is 48. The summed E-state index contributed by atoms with van der Waals surface area (Å²) < 4.78 is 0. The van der Waals surface area contributed by atoms with Crippen LogP contribution >= 0.6 is 0 Å². The lowest BCUT2D eigenvalue weighted by Crippen LogP contribution is -2.74. The minimum Gasteiger partial charge on any atom is -0.479 e. The number of carboxylic acid groups (broad SMARTS) is 1. The monoisotopic (exact) mass is 1100 g/mol. The third kappa shape index (κ3) is 36.5. The minimum absolute atomic E-state index is 0.0302. The van der Waals surface area contributed by atoms with E-state index in [1.165, 1.54) is 212 Å². The molecule has 2 unspecified atom stereocenters. The number of carboxylic acids is 1. The first-order valence-corrected chi connectivity index (χ1v) is 34.9. The van der Waals surface area contributed by atoms with Gasteiger partial charge in [-0.2, -0.15) is 0 Å². The van der Waals surface area contributed by atoms with Crippen LogP contribution in [0.5, 0.6) is 0 Å². The molecule has 78 heavy (non-hydrogen) atoms. The molecule has 8 heteroatoms. The number of hydrogen-bond donors (Lipinski definition) is 3. The second-order valence-corrected chi connectivity index (χ2v) is 24.8. The Hall–Kier alpha value is -1.93. The van der Waals surface area contributed by atoms with E-state index in [0.717, 1.165) is 96.3 Å². The molecule has 0 aliphatic carbocycles. The Bertz CT molecular complexity index is 1360. The number of carbonyl (C=O) groups excluding carboxylic acids is 4. The standard InChI is InChI=1S/C70H134N2O6/c1-5-9-13-17-21-25-29-33-37-41-45-49-53-57-64(73)63(61-62-71)69(65(74)58-54-50-46-42-38-34-30-26-22-18-14-10-6-2,66(75)59-55-51-47-43-39-35-31-27-23-19-15-11-7-3)70(72,68(77)78)67(76)60-56-52-48-44-40-36-32-28-24-20-16-12-8-4/h63H,5-62,71-72H2,1-4H3,(H,77,78). The maximum absolute atomic E-state index is 15.5. The summed E-state index contributed by atoms with van der Waals surface area (Å²) in [6.45, 7) is 8.97. The predicted molar refractivity (Wildman–Crippen MR) is 335 cm³/mol. The average molecular weight is 1100 g/mol. The molecule has 0 heterocycles. The van der Waals surface area contributed by atoms with Crippen molar-refractivity contribution in [3.05, 3.63) is 0 Å². The van der Waals surface area contributed by atoms with Crippen molar-refractivity contribution in [1.29, 1.82) is 0 Å². The summed E-state index contributed by atoms with van der Waals surface area (Å²) in [4.78, 5) is 74.9. The molecule has 0 amide bonds. The number of nitrogens with two attached hydrogens (primary N) is 2. The van der Waals surface area contributed by atoms with Crippen molar-refractivity contribution in [2.45, 2.75) is 399 Å². The van der Waals surface area contributed by atoms with Crippen molar-refractivity contribution in [3.8, 4) is 0 Å². The van der Waals surface area contributed by atoms with Gasteiger partial charge in [0, 0.05) is 31.6 Å². The number of rotatable bonds is 65. The molecule has 0 saturated heterocycles. The van der Waals surface area contributed by atoms with E-state index in [0.29, 0.717) is 25.7 Å². The predicted octanol–water partition coefficient (Wildman–Crippen LogP) is 20.9. The minimum atomic E-state index is -2.88. The van der Waals surface area contributed by atoms with Crippen molar-refractivity contribution in [3.63, 3.8) is 0 Å². The first kappa shape index (κ1) is 76.1. The molecule has 5 N–H and O–H groups in total. The Kier molecular flexibility index (Phi) is 54.2. The summed E-state index contributed by atoms with van der Waals surface area (Å²) in [7, 11) is 0. The van der Waals surface area contributed by atoms with Gasteiger partial charge in [-0.05, 0) is 38.6 Å². The van der Waals surface area contributed by atoms with E-state index in [4.69, 9.17) is 11.5 Å². The number of carbonyl (C=O) groups is 5. The number of ketones is 4. The van der Waals surface area contributed by atoms with Gasteiger partial charge >= 0.3 is 5.97 Å². The molecule has 460 valence electrons. The normalized spacial score (nSPS) is 13.0. The van der Waals surface area contributed by atoms with Crippen molar-refractivity contribution in [2.24, 2.45) is 22.8 Å². The van der Waals surface area contributed by atoms with Crippen molar-refractivity contribution < 1.29 is 29.1 Å². The van der Waals surface area contributed by atoms with E-state index in [1.807, 2.05) is 0 Å². The Morgan fingerprint density at radius 1 is 0.308 bits per heavy atom. The lowest BCUT2D eigenvalue weighted by Gasteiger charge is -2.47. The molecule has 0 aromatic heterocycles. The van der Waals surface area contributed by atoms with Crippen LogP contribution in [0.25, 0.3) is 0 Å². The van der Waals surface area contributed by atoms with Gasteiger partial charge in [-0.15, -0.1) is 0 Å². The third-order valence-corrected chi connectivity index (χ3v) is 17.7. The number of aliphatic carboxylic acids is 1. The van der Waals surface area contributed by atoms with Gasteiger partial charge in [-0.3, -0.25) is 19.2 Å². The molecule has 0 saturated carbocycles. The SMILES string of the molecule is CCCCCCCCCCCCCCCC(=O)C(CCN)C(C(=O)CCCCCCCCCCCCCCC)(C(=O)CCCCCCCCCCCCCCC)C(N)(C(=O)O)C(=O)CCCCCCCCCCCCCCC. The van der Waals surface area contributed by atoms with E-state index in [-0.39, 0.29) is 44.4 Å². The van der Waals surface area contributed by atoms with Gasteiger partial charge < -0.3 is 16.6 Å². The summed E-state index contributed by atoms with van der Waals surface area (Å²) in [5, 5.41) is 11.4. The third-order valence-electron chi connectivity index (χ3n) is 17.7. The fraction of sp³-hybridized carbons (Fsp3) is 0.929. The molecule has 0 bridgehead atoms. The summed E-state index contributed by atoms with van der Waals surface area (Å²) >= 11 is 0. The Labute approximate surface area is 484 Å². The quantitative estimate of drug-likeness (QED) is 0.0401. The lowest BCUT2D eigenvalue weighted by atomic mass is 9.52. The molecular formula is C70H134N2O6. The van der Waals surface area contributed by atoms with E-state index in [9.17, 15) is 19.5 Å². The van der Waals surface area contributed by atoms with Crippen LogP contribution in [-0.2, 0) is 24.0 Å². The molecule has 0 aliphatic heterocycles. The number of hydrogen-bond acceptors (Lipinski definition) is 7. The highest BCUT2D eigenvalue weighted by Crippen LogP contribution is 2.47. The molecule has 8 nitrogen and oxygen atoms in total. The summed E-state index contributed by atoms with van der Waals surface area (Å²) in [6.07, 6.45) is 58.3. The van der Waals surface area contributed by atoms with Gasteiger partial charge in [0.1, 0.15) is 22.8 Å². The smallest absolute Gasteiger partial charge is 0.333 e. The van der Waals surface area contributed by atoms with Crippen LogP contribution in [-0.4, -0.2) is 46.3 Å². The van der Waals surface area contributed by atoms with E-state index in [1.54, 1.807) is 0 Å². The van der Waals surface area contributed by atoms with Gasteiger partial charge in [-0.25, -0.2) is 4.79 Å². The van der Waals surface area contributed by atoms with Gasteiger partial charge in [0.2, 0.25) is 0 Å². The summed E-state index contributed by atoms with van der Waals surface area (Å²) in [5.74, 6) is -5.45. The van der Waals surface area contributed by atoms with E-state index in [2.05, 4.69) is 27.7 Å². The van der Waals surface area contributed by atoms with Gasteiger partial charge in [0.25, 0.3) is 0 Å². The maximum Gasteiger partial charge on any atom is 0.333 e. The highest BCUT2D eigenvalue weighted by Gasteiger charge is 2.70. The molecule has 0 aromatic rings. The first-order valence-electron chi connectivity index (χ1n) is 34.9. The van der Waals surface area contributed by atoms with Gasteiger partial charge in [-0.1, -0.05) is 336 Å². The van der Waals surface area contributed by atoms with Crippen LogP contribution in [0.2, 0.25) is 0 Å². The van der Waals surface area contributed by atoms with Crippen molar-refractivity contribution in [1.82, 2.24) is 0 Å². The Morgan fingerprint density at radius 3 is 0.705 bits per heavy atom. The van der Waals surface area contributed by atoms with Crippen LogP contribution in [0.4, 0.5) is 0 Å². The summed E-state index contributed by atoms with van der Waals surface area (Å²) in [5.41, 5.74) is 8.09. The van der Waals surface area contributed by atoms with Crippen LogP contribution in [0.15, 0.2) is 0 Å². The van der Waals surface area contributed by atoms with Crippen LogP contribution in [0, 0.1) is 11.3 Å². The molecule has 0 rings (SSSR count). The average Bonchev–Trinajstić information content (AvgIpc) is 3.63. The highest BCUT2D eigenvalue weighted by molar-refractivity contribution is 6.23. The second-order valence-electron chi connectivity index (χ2n) is 24.8. The molecule has 2 atom stereocenters. The molecule has 0 radical (unpaired) electrons. The van der Waals surface area contributed by atoms with Crippen molar-refractivity contribution >= 4 is 29.1 Å². The fourth-order valence-electron chi connectivity index (χ4n) is 12.5. The summed E-state index contributed by atoms with van der Waals surface area (Å²) in [6, 6.07) is 0. The van der Waals surface area contributed by atoms with E-state index >= 15 is 9.59 Å². The zero-order chi connectivity index (χ0) is 57.5. The van der Waals surface area contributed by atoms with Crippen LogP contribution in [0.3, 0.4) is 0 Å². The Morgan fingerprint density at radius 2 is 0.500 bits per heavy atom. The lowest BCUT2D eigenvalue weighted by molar-refractivity contribution is -0.171. The molecule has 0 aromatic carbocycles. The van der Waals surface area contributed by atoms with Gasteiger partial charge in [0.05, 0.1) is 0 Å². The fourth-order valence-corrected chi connectivity index (χ4v) is 12.5. The topological polar surface area (TPSA) is 158 Å².